The molecule has 0 aliphatic rings. The zero-order valence-electron chi connectivity index (χ0n) is 9.72. The van der Waals surface area contributed by atoms with Crippen molar-refractivity contribution in [2.24, 2.45) is 0 Å². The number of hydrogen-bond acceptors (Lipinski definition) is 2. The lowest BCUT2D eigenvalue weighted by atomic mass is 9.95. The second-order valence-corrected chi connectivity index (χ2v) is 4.27. The molecule has 2 nitrogen and oxygen atoms in total. The van der Waals surface area contributed by atoms with Crippen LogP contribution < -0.4 is 0 Å². The Labute approximate surface area is 96.4 Å². The van der Waals surface area contributed by atoms with Crippen LogP contribution in [0.5, 0.6) is 0 Å². The van der Waals surface area contributed by atoms with Crippen LogP contribution in [0.15, 0.2) is 43.0 Å². The fourth-order valence-electron chi connectivity index (χ4n) is 1.87. The predicted molar refractivity (Wildman–Crippen MR) is 65.4 cm³/mol. The summed E-state index contributed by atoms with van der Waals surface area (Å²) in [6, 6.07) is 6.18. The minimum Gasteiger partial charge on any atom is -0.264 e. The molecular weight excluding hydrogens is 196 g/mol. The van der Waals surface area contributed by atoms with Crippen molar-refractivity contribution >= 4 is 0 Å². The van der Waals surface area contributed by atoms with Gasteiger partial charge in [-0.1, -0.05) is 19.9 Å². The molecule has 0 saturated carbocycles. The molecule has 2 heteroatoms. The lowest BCUT2D eigenvalue weighted by molar-refractivity contribution is 0.842. The van der Waals surface area contributed by atoms with Crippen LogP contribution >= 0.6 is 0 Å². The van der Waals surface area contributed by atoms with Crippen LogP contribution in [-0.2, 0) is 6.42 Å². The highest BCUT2D eigenvalue weighted by Gasteiger charge is 2.06. The first-order valence-corrected chi connectivity index (χ1v) is 5.59. The van der Waals surface area contributed by atoms with Gasteiger partial charge in [-0.25, -0.2) is 0 Å². The van der Waals surface area contributed by atoms with Crippen LogP contribution in [0.4, 0.5) is 0 Å². The zero-order chi connectivity index (χ0) is 11.4. The molecule has 0 aromatic carbocycles. The van der Waals surface area contributed by atoms with E-state index in [-0.39, 0.29) is 0 Å². The second kappa shape index (κ2) is 4.88. The maximum atomic E-state index is 4.20. The van der Waals surface area contributed by atoms with E-state index in [2.05, 4.69) is 35.9 Å². The van der Waals surface area contributed by atoms with E-state index in [0.717, 1.165) is 6.42 Å². The van der Waals surface area contributed by atoms with Crippen molar-refractivity contribution < 1.29 is 0 Å². The van der Waals surface area contributed by atoms with E-state index < -0.39 is 0 Å². The van der Waals surface area contributed by atoms with Crippen molar-refractivity contribution in [3.05, 3.63) is 59.7 Å². The van der Waals surface area contributed by atoms with Gasteiger partial charge in [0.1, 0.15) is 0 Å². The summed E-state index contributed by atoms with van der Waals surface area (Å²) in [5.74, 6) is 0.537. The Hall–Kier alpha value is -1.70. The number of aromatic nitrogens is 2. The van der Waals surface area contributed by atoms with Gasteiger partial charge in [0, 0.05) is 31.2 Å². The van der Waals surface area contributed by atoms with Crippen molar-refractivity contribution in [3.8, 4) is 0 Å². The number of rotatable bonds is 3. The first-order valence-electron chi connectivity index (χ1n) is 5.59. The fraction of sp³-hybridized carbons (Fsp3) is 0.286. The minimum atomic E-state index is 0.537. The summed E-state index contributed by atoms with van der Waals surface area (Å²) in [7, 11) is 0. The molecule has 0 unspecified atom stereocenters. The largest absolute Gasteiger partial charge is 0.264 e. The first kappa shape index (κ1) is 10.8. The first-order chi connectivity index (χ1) is 7.77. The Morgan fingerprint density at radius 1 is 1.06 bits per heavy atom. The predicted octanol–water partition coefficient (Wildman–Crippen LogP) is 3.19. The Bertz CT molecular complexity index is 449. The molecule has 0 aliphatic heterocycles. The van der Waals surface area contributed by atoms with Gasteiger partial charge in [-0.05, 0) is 34.7 Å². The van der Waals surface area contributed by atoms with E-state index in [1.165, 1.54) is 16.7 Å². The van der Waals surface area contributed by atoms with Gasteiger partial charge in [0.2, 0.25) is 0 Å². The molecule has 0 radical (unpaired) electrons. The quantitative estimate of drug-likeness (QED) is 0.780. The van der Waals surface area contributed by atoms with Crippen LogP contribution in [0.25, 0.3) is 0 Å². The Morgan fingerprint density at radius 2 is 1.88 bits per heavy atom. The lowest BCUT2D eigenvalue weighted by Crippen LogP contribution is -1.98. The molecule has 0 spiro atoms. The molecule has 82 valence electrons. The average molecular weight is 212 g/mol. The molecule has 2 aromatic heterocycles. The summed E-state index contributed by atoms with van der Waals surface area (Å²) in [6.07, 6.45) is 8.45. The molecule has 2 aromatic rings. The van der Waals surface area contributed by atoms with Gasteiger partial charge in [0.15, 0.2) is 0 Å². The summed E-state index contributed by atoms with van der Waals surface area (Å²) < 4.78 is 0. The highest BCUT2D eigenvalue weighted by atomic mass is 14.6. The molecule has 0 atom stereocenters. The van der Waals surface area contributed by atoms with Crippen LogP contribution in [-0.4, -0.2) is 9.97 Å². The van der Waals surface area contributed by atoms with Gasteiger partial charge in [-0.2, -0.15) is 0 Å². The van der Waals surface area contributed by atoms with E-state index in [1.54, 1.807) is 6.20 Å². The van der Waals surface area contributed by atoms with Gasteiger partial charge in [0.25, 0.3) is 0 Å². The molecule has 0 amide bonds. The number of hydrogen-bond donors (Lipinski definition) is 0. The van der Waals surface area contributed by atoms with Crippen LogP contribution in [0.2, 0.25) is 0 Å². The molecule has 0 fully saturated rings. The van der Waals surface area contributed by atoms with E-state index >= 15 is 0 Å². The van der Waals surface area contributed by atoms with Crippen LogP contribution in [0, 0.1) is 0 Å². The Kier molecular flexibility index (Phi) is 3.30. The van der Waals surface area contributed by atoms with Crippen molar-refractivity contribution in [2.75, 3.05) is 0 Å². The van der Waals surface area contributed by atoms with E-state index in [1.807, 2.05) is 24.7 Å². The van der Waals surface area contributed by atoms with Crippen molar-refractivity contribution in [1.82, 2.24) is 9.97 Å². The van der Waals surface area contributed by atoms with E-state index in [4.69, 9.17) is 0 Å². The molecule has 2 heterocycles. The highest BCUT2D eigenvalue weighted by Crippen LogP contribution is 2.20. The average Bonchev–Trinajstić information content (AvgIpc) is 2.31. The third-order valence-corrected chi connectivity index (χ3v) is 2.68. The molecule has 0 saturated heterocycles. The molecule has 0 aliphatic carbocycles. The minimum absolute atomic E-state index is 0.537. The summed E-state index contributed by atoms with van der Waals surface area (Å²) in [5, 5.41) is 0. The maximum Gasteiger partial charge on any atom is 0.0306 e. The molecule has 2 rings (SSSR count). The van der Waals surface area contributed by atoms with Gasteiger partial charge < -0.3 is 0 Å². The Morgan fingerprint density at radius 3 is 2.56 bits per heavy atom. The third kappa shape index (κ3) is 2.45. The smallest absolute Gasteiger partial charge is 0.0306 e. The van der Waals surface area contributed by atoms with Crippen molar-refractivity contribution in [1.29, 1.82) is 0 Å². The third-order valence-electron chi connectivity index (χ3n) is 2.68. The molecular formula is C14H16N2. The Balaban J connectivity index is 2.28. The highest BCUT2D eigenvalue weighted by molar-refractivity contribution is 5.31. The zero-order valence-corrected chi connectivity index (χ0v) is 9.72. The summed E-state index contributed by atoms with van der Waals surface area (Å²) in [4.78, 5) is 8.34. The number of pyridine rings is 2. The van der Waals surface area contributed by atoms with Gasteiger partial charge in [0.05, 0.1) is 0 Å². The SMILES string of the molecule is CC(C)c1ccncc1Cc1cccnc1. The lowest BCUT2D eigenvalue weighted by Gasteiger charge is -2.11. The van der Waals surface area contributed by atoms with E-state index in [0.29, 0.717) is 5.92 Å². The van der Waals surface area contributed by atoms with Gasteiger partial charge in [-0.3, -0.25) is 9.97 Å². The van der Waals surface area contributed by atoms with Crippen molar-refractivity contribution in [2.45, 2.75) is 26.2 Å². The summed E-state index contributed by atoms with van der Waals surface area (Å²) in [5.41, 5.74) is 3.90. The molecule has 0 N–H and O–H groups in total. The summed E-state index contributed by atoms with van der Waals surface area (Å²) >= 11 is 0. The van der Waals surface area contributed by atoms with Gasteiger partial charge in [-0.15, -0.1) is 0 Å². The molecule has 16 heavy (non-hydrogen) atoms. The van der Waals surface area contributed by atoms with E-state index in [9.17, 15) is 0 Å². The van der Waals surface area contributed by atoms with Gasteiger partial charge >= 0.3 is 0 Å². The normalized spacial score (nSPS) is 10.7. The summed E-state index contributed by atoms with van der Waals surface area (Å²) in [6.45, 7) is 4.42. The second-order valence-electron chi connectivity index (χ2n) is 4.27. The monoisotopic (exact) mass is 212 g/mol. The fourth-order valence-corrected chi connectivity index (χ4v) is 1.87. The van der Waals surface area contributed by atoms with Crippen LogP contribution in [0.3, 0.4) is 0 Å². The maximum absolute atomic E-state index is 4.20. The van der Waals surface area contributed by atoms with Crippen molar-refractivity contribution in [3.63, 3.8) is 0 Å². The topological polar surface area (TPSA) is 25.8 Å². The van der Waals surface area contributed by atoms with Crippen LogP contribution in [0.1, 0.15) is 36.5 Å². The molecule has 0 bridgehead atoms. The standard InChI is InChI=1S/C14H16N2/c1-11(2)14-5-7-16-10-13(14)8-12-4-3-6-15-9-12/h3-7,9-11H,8H2,1-2H3. The number of nitrogens with zero attached hydrogens (tertiary/aromatic N) is 2.